The Morgan fingerprint density at radius 3 is 2.37 bits per heavy atom. The molecule has 2 rings (SSSR count). The van der Waals surface area contributed by atoms with Crippen molar-refractivity contribution in [1.82, 2.24) is 20.3 Å². The van der Waals surface area contributed by atoms with Crippen LogP contribution in [0, 0.1) is 20.8 Å². The van der Waals surface area contributed by atoms with Crippen LogP contribution in [0.15, 0.2) is 17.0 Å². The van der Waals surface area contributed by atoms with Gasteiger partial charge in [0.2, 0.25) is 15.9 Å². The number of nitrogens with zero attached hydrogens (tertiary/aromatic N) is 1. The number of hydrogen-bond donors (Lipinski definition) is 3. The summed E-state index contributed by atoms with van der Waals surface area (Å²) in [5, 5.41) is 6.18. The SMILES string of the molecule is Cc1cc(C)c(S(=O)(=O)NCCC(=O)NCCCN2CCNCC2)c(C)c1. The number of benzene rings is 1. The van der Waals surface area contributed by atoms with Crippen molar-refractivity contribution in [1.29, 1.82) is 0 Å². The number of sulfonamides is 1. The van der Waals surface area contributed by atoms with E-state index in [9.17, 15) is 13.2 Å². The fourth-order valence-electron chi connectivity index (χ4n) is 3.52. The first-order valence-corrected chi connectivity index (χ1v) is 11.1. The third kappa shape index (κ3) is 6.88. The molecule has 0 atom stereocenters. The van der Waals surface area contributed by atoms with Crippen molar-refractivity contribution in [2.24, 2.45) is 0 Å². The molecule has 1 aliphatic rings. The molecule has 1 heterocycles. The topological polar surface area (TPSA) is 90.5 Å². The van der Waals surface area contributed by atoms with Crippen molar-refractivity contribution < 1.29 is 13.2 Å². The summed E-state index contributed by atoms with van der Waals surface area (Å²) in [7, 11) is -3.62. The molecule has 0 unspecified atom stereocenters. The van der Waals surface area contributed by atoms with Crippen LogP contribution < -0.4 is 15.4 Å². The second kappa shape index (κ2) is 10.2. The summed E-state index contributed by atoms with van der Waals surface area (Å²) in [6.45, 7) is 11.3. The Bertz CT molecular complexity index is 720. The van der Waals surface area contributed by atoms with Crippen molar-refractivity contribution in [2.75, 3.05) is 45.8 Å². The van der Waals surface area contributed by atoms with Gasteiger partial charge in [-0.25, -0.2) is 13.1 Å². The molecule has 1 fully saturated rings. The van der Waals surface area contributed by atoms with Crippen LogP contribution in [-0.2, 0) is 14.8 Å². The van der Waals surface area contributed by atoms with E-state index in [1.807, 2.05) is 19.1 Å². The second-order valence-electron chi connectivity index (χ2n) is 7.17. The Balaban J connectivity index is 1.71. The summed E-state index contributed by atoms with van der Waals surface area (Å²) < 4.78 is 27.6. The number of rotatable bonds is 9. The van der Waals surface area contributed by atoms with Gasteiger partial charge < -0.3 is 15.5 Å². The summed E-state index contributed by atoms with van der Waals surface area (Å²) >= 11 is 0. The largest absolute Gasteiger partial charge is 0.356 e. The van der Waals surface area contributed by atoms with Crippen LogP contribution in [0.3, 0.4) is 0 Å². The van der Waals surface area contributed by atoms with Gasteiger partial charge in [-0.2, -0.15) is 0 Å². The number of carbonyl (C=O) groups is 1. The first-order valence-electron chi connectivity index (χ1n) is 9.57. The highest BCUT2D eigenvalue weighted by Gasteiger charge is 2.19. The molecule has 1 aromatic carbocycles. The molecule has 0 radical (unpaired) electrons. The van der Waals surface area contributed by atoms with E-state index < -0.39 is 10.0 Å². The van der Waals surface area contributed by atoms with Crippen molar-refractivity contribution in [2.45, 2.75) is 38.5 Å². The highest BCUT2D eigenvalue weighted by atomic mass is 32.2. The maximum atomic E-state index is 12.5. The van der Waals surface area contributed by atoms with Gasteiger partial charge in [0, 0.05) is 45.7 Å². The maximum absolute atomic E-state index is 12.5. The van der Waals surface area contributed by atoms with Gasteiger partial charge in [0.1, 0.15) is 0 Å². The summed E-state index contributed by atoms with van der Waals surface area (Å²) in [6.07, 6.45) is 1.04. The number of carbonyl (C=O) groups excluding carboxylic acids is 1. The molecule has 152 valence electrons. The van der Waals surface area contributed by atoms with Crippen LogP contribution in [0.1, 0.15) is 29.5 Å². The van der Waals surface area contributed by atoms with Crippen LogP contribution in [0.25, 0.3) is 0 Å². The van der Waals surface area contributed by atoms with E-state index in [1.165, 1.54) is 0 Å². The lowest BCUT2D eigenvalue weighted by Crippen LogP contribution is -2.44. The molecule has 0 spiro atoms. The molecule has 3 N–H and O–H groups in total. The molecule has 0 aromatic heterocycles. The molecule has 27 heavy (non-hydrogen) atoms. The minimum Gasteiger partial charge on any atom is -0.356 e. The van der Waals surface area contributed by atoms with E-state index in [2.05, 4.69) is 20.3 Å². The van der Waals surface area contributed by atoms with E-state index in [0.29, 0.717) is 11.4 Å². The quantitative estimate of drug-likeness (QED) is 0.535. The number of amides is 1. The molecule has 8 heteroatoms. The Kier molecular flexibility index (Phi) is 8.22. The Morgan fingerprint density at radius 1 is 1.11 bits per heavy atom. The molecule has 0 aliphatic carbocycles. The summed E-state index contributed by atoms with van der Waals surface area (Å²) in [4.78, 5) is 14.6. The van der Waals surface area contributed by atoms with Gasteiger partial charge in [-0.15, -0.1) is 0 Å². The zero-order valence-electron chi connectivity index (χ0n) is 16.6. The zero-order valence-corrected chi connectivity index (χ0v) is 17.4. The average Bonchev–Trinajstić information content (AvgIpc) is 2.58. The molecular formula is C19H32N4O3S. The highest BCUT2D eigenvalue weighted by molar-refractivity contribution is 7.89. The molecule has 0 bridgehead atoms. The Morgan fingerprint density at radius 2 is 1.74 bits per heavy atom. The number of aryl methyl sites for hydroxylation is 3. The minimum absolute atomic E-state index is 0.0959. The van der Waals surface area contributed by atoms with E-state index in [4.69, 9.17) is 0 Å². The lowest BCUT2D eigenvalue weighted by Gasteiger charge is -2.27. The summed E-state index contributed by atoms with van der Waals surface area (Å²) in [5.74, 6) is -0.129. The zero-order chi connectivity index (χ0) is 19.9. The van der Waals surface area contributed by atoms with Gasteiger partial charge in [-0.3, -0.25) is 4.79 Å². The monoisotopic (exact) mass is 396 g/mol. The molecule has 1 saturated heterocycles. The Hall–Kier alpha value is -1.48. The first-order chi connectivity index (χ1) is 12.8. The van der Waals surface area contributed by atoms with Crippen LogP contribution in [0.4, 0.5) is 0 Å². The molecule has 1 amide bonds. The molecule has 7 nitrogen and oxygen atoms in total. The van der Waals surface area contributed by atoms with Gasteiger partial charge in [0.25, 0.3) is 0 Å². The highest BCUT2D eigenvalue weighted by Crippen LogP contribution is 2.21. The van der Waals surface area contributed by atoms with Gasteiger partial charge in [0.15, 0.2) is 0 Å². The predicted molar refractivity (Wildman–Crippen MR) is 107 cm³/mol. The van der Waals surface area contributed by atoms with Crippen molar-refractivity contribution >= 4 is 15.9 Å². The van der Waals surface area contributed by atoms with Gasteiger partial charge in [0.05, 0.1) is 4.90 Å². The normalized spacial score (nSPS) is 15.7. The van der Waals surface area contributed by atoms with Crippen LogP contribution in [0.2, 0.25) is 0 Å². The van der Waals surface area contributed by atoms with Crippen LogP contribution in [0.5, 0.6) is 0 Å². The molecule has 1 aromatic rings. The lowest BCUT2D eigenvalue weighted by atomic mass is 10.1. The van der Waals surface area contributed by atoms with Crippen molar-refractivity contribution in [3.8, 4) is 0 Å². The van der Waals surface area contributed by atoms with E-state index in [1.54, 1.807) is 13.8 Å². The standard InChI is InChI=1S/C19H32N4O3S/c1-15-13-16(2)19(17(3)14-15)27(25,26)22-7-5-18(24)21-6-4-10-23-11-8-20-9-12-23/h13-14,20,22H,4-12H2,1-3H3,(H,21,24). The van der Waals surface area contributed by atoms with Gasteiger partial charge >= 0.3 is 0 Å². The minimum atomic E-state index is -3.62. The Labute approximate surface area is 163 Å². The average molecular weight is 397 g/mol. The molecular weight excluding hydrogens is 364 g/mol. The predicted octanol–water partition coefficient (Wildman–Crippen LogP) is 0.692. The third-order valence-electron chi connectivity index (χ3n) is 4.70. The van der Waals surface area contributed by atoms with E-state index in [-0.39, 0.29) is 18.9 Å². The number of piperazine rings is 1. The van der Waals surface area contributed by atoms with E-state index >= 15 is 0 Å². The molecule has 1 aliphatic heterocycles. The lowest BCUT2D eigenvalue weighted by molar-refractivity contribution is -0.120. The summed E-state index contributed by atoms with van der Waals surface area (Å²) in [5.41, 5.74) is 2.47. The smallest absolute Gasteiger partial charge is 0.241 e. The fourth-order valence-corrected chi connectivity index (χ4v) is 5.00. The van der Waals surface area contributed by atoms with Crippen LogP contribution in [-0.4, -0.2) is 65.0 Å². The summed E-state index contributed by atoms with van der Waals surface area (Å²) in [6, 6.07) is 3.71. The molecule has 0 saturated carbocycles. The van der Waals surface area contributed by atoms with Crippen molar-refractivity contribution in [3.63, 3.8) is 0 Å². The second-order valence-corrected chi connectivity index (χ2v) is 8.87. The first kappa shape index (κ1) is 21.8. The number of hydrogen-bond acceptors (Lipinski definition) is 5. The fraction of sp³-hybridized carbons (Fsp3) is 0.632. The maximum Gasteiger partial charge on any atom is 0.241 e. The van der Waals surface area contributed by atoms with Gasteiger partial charge in [-0.05, 0) is 44.9 Å². The third-order valence-corrected chi connectivity index (χ3v) is 6.47. The number of nitrogens with one attached hydrogen (secondary N) is 3. The van der Waals surface area contributed by atoms with E-state index in [0.717, 1.165) is 55.8 Å². The van der Waals surface area contributed by atoms with Gasteiger partial charge in [-0.1, -0.05) is 17.7 Å². The van der Waals surface area contributed by atoms with Crippen molar-refractivity contribution in [3.05, 3.63) is 28.8 Å². The van der Waals surface area contributed by atoms with Crippen LogP contribution >= 0.6 is 0 Å².